The van der Waals surface area contributed by atoms with Crippen molar-refractivity contribution in [3.8, 4) is 0 Å². The van der Waals surface area contributed by atoms with Crippen molar-refractivity contribution in [1.82, 2.24) is 0 Å². The molecular formula is C61H108NO7+. The molecule has 0 fully saturated rings. The Morgan fingerprint density at radius 1 is 0.449 bits per heavy atom. The Hall–Kier alpha value is -3.23. The fraction of sp³-hybridized carbons (Fsp3) is 0.754. The van der Waals surface area contributed by atoms with E-state index < -0.39 is 18.1 Å². The van der Waals surface area contributed by atoms with Crippen LogP contribution in [0.2, 0.25) is 0 Å². The van der Waals surface area contributed by atoms with E-state index in [1.54, 1.807) is 0 Å². The van der Waals surface area contributed by atoms with E-state index in [9.17, 15) is 19.5 Å². The van der Waals surface area contributed by atoms with Gasteiger partial charge in [0.1, 0.15) is 6.61 Å². The summed E-state index contributed by atoms with van der Waals surface area (Å²) >= 11 is 0. The average molecular weight is 968 g/mol. The number of ether oxygens (including phenoxy) is 3. The van der Waals surface area contributed by atoms with E-state index in [1.807, 2.05) is 21.1 Å². The summed E-state index contributed by atoms with van der Waals surface area (Å²) in [6.07, 6.45) is 66.8. The first-order valence-electron chi connectivity index (χ1n) is 28.5. The molecule has 398 valence electrons. The SMILES string of the molecule is CC/C=C/C/C=C/C/C=C/C/C=C/C/C=C/CCCCCCCCC(=O)OCC(COCCC(C(=O)O)[N+](C)(C)C)OC(=O)CCCCCCCCC/C=C/CCCCCCCCCCCCCC. The van der Waals surface area contributed by atoms with Gasteiger partial charge in [-0.15, -0.1) is 0 Å². The molecule has 0 saturated heterocycles. The number of hydrogen-bond acceptors (Lipinski definition) is 6. The molecule has 69 heavy (non-hydrogen) atoms. The number of carbonyl (C=O) groups is 3. The predicted octanol–water partition coefficient (Wildman–Crippen LogP) is 17.0. The van der Waals surface area contributed by atoms with Crippen LogP contribution in [0.4, 0.5) is 0 Å². The van der Waals surface area contributed by atoms with Crippen molar-refractivity contribution < 1.29 is 38.2 Å². The number of hydrogen-bond donors (Lipinski definition) is 1. The molecule has 0 heterocycles. The molecule has 1 N–H and O–H groups in total. The van der Waals surface area contributed by atoms with E-state index >= 15 is 0 Å². The minimum absolute atomic E-state index is 0.0523. The van der Waals surface area contributed by atoms with Crippen LogP contribution < -0.4 is 0 Å². The van der Waals surface area contributed by atoms with Gasteiger partial charge in [0.15, 0.2) is 12.1 Å². The third-order valence-electron chi connectivity index (χ3n) is 12.6. The highest BCUT2D eigenvalue weighted by atomic mass is 16.6. The molecule has 0 aliphatic heterocycles. The molecule has 0 amide bonds. The minimum atomic E-state index is -0.878. The molecule has 2 atom stereocenters. The summed E-state index contributed by atoms with van der Waals surface area (Å²) < 4.78 is 17.4. The van der Waals surface area contributed by atoms with E-state index in [0.29, 0.717) is 19.3 Å². The molecule has 0 saturated carbocycles. The van der Waals surface area contributed by atoms with Gasteiger partial charge in [-0.25, -0.2) is 4.79 Å². The van der Waals surface area contributed by atoms with Crippen LogP contribution in [0.1, 0.15) is 245 Å². The summed E-state index contributed by atoms with van der Waals surface area (Å²) in [5.41, 5.74) is 0. The first-order chi connectivity index (χ1) is 33.6. The molecule has 0 rings (SSSR count). The lowest BCUT2D eigenvalue weighted by Gasteiger charge is -2.31. The Balaban J connectivity index is 4.22. The van der Waals surface area contributed by atoms with Crippen molar-refractivity contribution in [2.75, 3.05) is 41.0 Å². The van der Waals surface area contributed by atoms with Crippen molar-refractivity contribution in [3.05, 3.63) is 72.9 Å². The highest BCUT2D eigenvalue weighted by Crippen LogP contribution is 2.16. The topological polar surface area (TPSA) is 99.1 Å². The smallest absolute Gasteiger partial charge is 0.362 e. The summed E-state index contributed by atoms with van der Waals surface area (Å²) in [4.78, 5) is 37.3. The zero-order chi connectivity index (χ0) is 50.6. The van der Waals surface area contributed by atoms with Crippen LogP contribution in [0.3, 0.4) is 0 Å². The van der Waals surface area contributed by atoms with Gasteiger partial charge in [0, 0.05) is 19.3 Å². The zero-order valence-electron chi connectivity index (χ0n) is 45.5. The number of nitrogens with zero attached hydrogens (tertiary/aromatic N) is 1. The number of carbonyl (C=O) groups excluding carboxylic acids is 2. The van der Waals surface area contributed by atoms with Crippen molar-refractivity contribution in [3.63, 3.8) is 0 Å². The average Bonchev–Trinajstić information content (AvgIpc) is 3.31. The van der Waals surface area contributed by atoms with Crippen LogP contribution in [0.5, 0.6) is 0 Å². The lowest BCUT2D eigenvalue weighted by atomic mass is 10.0. The molecule has 2 unspecified atom stereocenters. The fourth-order valence-electron chi connectivity index (χ4n) is 8.23. The van der Waals surface area contributed by atoms with Gasteiger partial charge in [-0.1, -0.05) is 215 Å². The van der Waals surface area contributed by atoms with Crippen molar-refractivity contribution in [2.45, 2.75) is 257 Å². The summed E-state index contributed by atoms with van der Waals surface area (Å²) in [7, 11) is 5.53. The number of esters is 2. The highest BCUT2D eigenvalue weighted by molar-refractivity contribution is 5.72. The number of carboxylic acid groups (broad SMARTS) is 1. The molecule has 0 radical (unpaired) electrons. The van der Waals surface area contributed by atoms with Crippen LogP contribution in [-0.2, 0) is 28.6 Å². The van der Waals surface area contributed by atoms with Gasteiger partial charge in [0.2, 0.25) is 0 Å². The van der Waals surface area contributed by atoms with E-state index in [0.717, 1.165) is 83.5 Å². The molecule has 0 aliphatic rings. The second kappa shape index (κ2) is 51.1. The van der Waals surface area contributed by atoms with Crippen LogP contribution >= 0.6 is 0 Å². The Labute approximate surface area is 425 Å². The van der Waals surface area contributed by atoms with Crippen LogP contribution in [0.15, 0.2) is 72.9 Å². The van der Waals surface area contributed by atoms with Crippen LogP contribution in [0.25, 0.3) is 0 Å². The molecule has 8 nitrogen and oxygen atoms in total. The summed E-state index contributed by atoms with van der Waals surface area (Å²) in [5, 5.41) is 9.68. The zero-order valence-corrected chi connectivity index (χ0v) is 45.5. The number of aliphatic carboxylic acids is 1. The number of quaternary nitrogens is 1. The van der Waals surface area contributed by atoms with Gasteiger partial charge in [0.05, 0.1) is 34.4 Å². The Bertz CT molecular complexity index is 1360. The van der Waals surface area contributed by atoms with E-state index in [4.69, 9.17) is 14.2 Å². The van der Waals surface area contributed by atoms with E-state index in [1.165, 1.54) is 128 Å². The van der Waals surface area contributed by atoms with Crippen LogP contribution in [0, 0.1) is 0 Å². The number of unbranched alkanes of at least 4 members (excludes halogenated alkanes) is 25. The summed E-state index contributed by atoms with van der Waals surface area (Å²) in [5.74, 6) is -1.49. The molecule has 0 aromatic carbocycles. The monoisotopic (exact) mass is 967 g/mol. The van der Waals surface area contributed by atoms with Gasteiger partial charge in [-0.3, -0.25) is 9.59 Å². The van der Waals surface area contributed by atoms with E-state index in [-0.39, 0.29) is 36.2 Å². The third-order valence-corrected chi connectivity index (χ3v) is 12.6. The Morgan fingerprint density at radius 2 is 0.812 bits per heavy atom. The van der Waals surface area contributed by atoms with Gasteiger partial charge in [0.25, 0.3) is 0 Å². The van der Waals surface area contributed by atoms with Crippen LogP contribution in [-0.4, -0.2) is 80.6 Å². The normalized spacial score (nSPS) is 13.3. The van der Waals surface area contributed by atoms with Gasteiger partial charge in [-0.2, -0.15) is 0 Å². The van der Waals surface area contributed by atoms with Gasteiger partial charge >= 0.3 is 17.9 Å². The number of likely N-dealkylation sites (N-methyl/N-ethyl adjacent to an activating group) is 1. The second-order valence-corrected chi connectivity index (χ2v) is 20.2. The highest BCUT2D eigenvalue weighted by Gasteiger charge is 2.31. The maximum atomic E-state index is 12.8. The molecule has 0 aromatic heterocycles. The first kappa shape index (κ1) is 65.8. The standard InChI is InChI=1S/C61H107NO7/c1-6-8-10-12-14-16-18-20-22-24-26-28-30-32-34-36-38-40-42-44-46-48-50-52-60(64)69-57(55-67-54-53-58(61(65)66)62(3,4)5)56-68-59(63)51-49-47-45-43-41-39-37-35-33-31-29-27-25-23-21-19-17-15-13-11-9-7-2/h9,11,15,17,21,23,27,29,32-35,57-58H,6-8,10,12-14,16,18-20,22,24-26,28,30-31,36-56H2,1-5H3/p+1/b11-9+,17-15+,23-21+,29-27+,34-32+,35-33+. The quantitative estimate of drug-likeness (QED) is 0.0281. The number of allylic oxidation sites excluding steroid dienone is 12. The summed E-state index contributed by atoms with van der Waals surface area (Å²) in [6, 6.07) is -0.622. The predicted molar refractivity (Wildman–Crippen MR) is 294 cm³/mol. The summed E-state index contributed by atoms with van der Waals surface area (Å²) in [6.45, 7) is 4.63. The Morgan fingerprint density at radius 3 is 1.22 bits per heavy atom. The van der Waals surface area contributed by atoms with Crippen molar-refractivity contribution >= 4 is 17.9 Å². The largest absolute Gasteiger partial charge is 0.477 e. The second-order valence-electron chi connectivity index (χ2n) is 20.2. The molecule has 8 heteroatoms. The molecule has 0 aromatic rings. The third kappa shape index (κ3) is 49.5. The van der Waals surface area contributed by atoms with Crippen molar-refractivity contribution in [2.24, 2.45) is 0 Å². The van der Waals surface area contributed by atoms with Gasteiger partial charge < -0.3 is 23.8 Å². The van der Waals surface area contributed by atoms with E-state index in [2.05, 4.69) is 86.8 Å². The maximum absolute atomic E-state index is 12.8. The lowest BCUT2D eigenvalue weighted by Crippen LogP contribution is -2.50. The maximum Gasteiger partial charge on any atom is 0.362 e. The fourth-order valence-corrected chi connectivity index (χ4v) is 8.23. The van der Waals surface area contributed by atoms with Gasteiger partial charge in [-0.05, 0) is 83.5 Å². The molecule has 0 aliphatic carbocycles. The molecule has 0 spiro atoms. The Kier molecular flexibility index (Phi) is 48.7. The molecule has 0 bridgehead atoms. The number of rotatable bonds is 51. The minimum Gasteiger partial charge on any atom is -0.477 e. The van der Waals surface area contributed by atoms with Crippen molar-refractivity contribution in [1.29, 1.82) is 0 Å². The lowest BCUT2D eigenvalue weighted by molar-refractivity contribution is -0.887. The number of carboxylic acids is 1. The molecular weight excluding hydrogens is 859 g/mol. The first-order valence-corrected chi connectivity index (χ1v) is 28.5.